The molecule has 0 bridgehead atoms. The number of nitrogens with zero attached hydrogens (tertiary/aromatic N) is 4. The monoisotopic (exact) mass is 373 g/mol. The van der Waals surface area contributed by atoms with Gasteiger partial charge in [0.15, 0.2) is 5.69 Å². The van der Waals surface area contributed by atoms with Crippen LogP contribution in [-0.2, 0) is 13.1 Å². The lowest BCUT2D eigenvalue weighted by Gasteiger charge is -2.20. The fourth-order valence-electron chi connectivity index (χ4n) is 3.04. The van der Waals surface area contributed by atoms with Gasteiger partial charge in [-0.3, -0.25) is 14.3 Å². The molecule has 7 nitrogen and oxygen atoms in total. The quantitative estimate of drug-likeness (QED) is 0.830. The lowest BCUT2D eigenvalue weighted by molar-refractivity contribution is 0.0745. The van der Waals surface area contributed by atoms with Crippen LogP contribution in [0.5, 0.6) is 0 Å². The molecule has 27 heavy (non-hydrogen) atoms. The lowest BCUT2D eigenvalue weighted by atomic mass is 10.2. The summed E-state index contributed by atoms with van der Waals surface area (Å²) >= 11 is 0. The van der Waals surface area contributed by atoms with Crippen LogP contribution in [-0.4, -0.2) is 65.1 Å². The molecule has 0 unspecified atom stereocenters. The average molecular weight is 373 g/mol. The Hall–Kier alpha value is -2.74. The van der Waals surface area contributed by atoms with Gasteiger partial charge in [0.25, 0.3) is 11.8 Å². The highest BCUT2D eigenvalue weighted by atomic mass is 19.1. The van der Waals surface area contributed by atoms with Crippen LogP contribution in [0.1, 0.15) is 33.0 Å². The second kappa shape index (κ2) is 8.30. The molecule has 3 rings (SSSR count). The van der Waals surface area contributed by atoms with E-state index < -0.39 is 0 Å². The van der Waals surface area contributed by atoms with Gasteiger partial charge in [-0.2, -0.15) is 5.10 Å². The van der Waals surface area contributed by atoms with Crippen molar-refractivity contribution in [2.75, 3.05) is 33.7 Å². The maximum Gasteiger partial charge on any atom is 0.272 e. The molecule has 0 atom stereocenters. The Balaban J connectivity index is 1.72. The molecule has 0 saturated heterocycles. The highest BCUT2D eigenvalue weighted by Crippen LogP contribution is 2.17. The van der Waals surface area contributed by atoms with Gasteiger partial charge in [0.1, 0.15) is 11.5 Å². The van der Waals surface area contributed by atoms with Gasteiger partial charge < -0.3 is 15.1 Å². The number of amides is 2. The Labute approximate surface area is 157 Å². The minimum atomic E-state index is -0.323. The van der Waals surface area contributed by atoms with Gasteiger partial charge in [-0.25, -0.2) is 4.39 Å². The summed E-state index contributed by atoms with van der Waals surface area (Å²) in [4.78, 5) is 28.8. The SMILES string of the molecule is CN(C)CCNC(=O)c1cc2n(n1)CCCN(Cc1cccc(F)c1)C2=O. The number of nitrogens with one attached hydrogen (secondary N) is 1. The Bertz CT molecular complexity index is 833. The summed E-state index contributed by atoms with van der Waals surface area (Å²) in [6.45, 7) is 2.67. The predicted octanol–water partition coefficient (Wildman–Crippen LogP) is 1.36. The van der Waals surface area contributed by atoms with E-state index in [4.69, 9.17) is 0 Å². The Kier molecular flexibility index (Phi) is 5.85. The van der Waals surface area contributed by atoms with Crippen molar-refractivity contribution in [3.63, 3.8) is 0 Å². The lowest BCUT2D eigenvalue weighted by Crippen LogP contribution is -2.32. The first-order valence-corrected chi connectivity index (χ1v) is 8.98. The number of hydrogen-bond acceptors (Lipinski definition) is 4. The highest BCUT2D eigenvalue weighted by Gasteiger charge is 2.26. The first kappa shape index (κ1) is 19.0. The van der Waals surface area contributed by atoms with E-state index in [1.54, 1.807) is 21.7 Å². The number of halogens is 1. The van der Waals surface area contributed by atoms with E-state index in [0.717, 1.165) is 18.5 Å². The van der Waals surface area contributed by atoms with E-state index in [1.807, 2.05) is 19.0 Å². The Morgan fingerprint density at radius 3 is 2.85 bits per heavy atom. The van der Waals surface area contributed by atoms with Gasteiger partial charge in [0.2, 0.25) is 0 Å². The molecule has 1 aliphatic heterocycles. The third-order valence-electron chi connectivity index (χ3n) is 4.42. The molecule has 1 aromatic heterocycles. The number of carbonyl (C=O) groups excluding carboxylic acids is 2. The van der Waals surface area contributed by atoms with Gasteiger partial charge in [0, 0.05) is 38.8 Å². The average Bonchev–Trinajstić information content (AvgIpc) is 2.98. The topological polar surface area (TPSA) is 70.5 Å². The molecule has 0 fully saturated rings. The maximum atomic E-state index is 13.4. The van der Waals surface area contributed by atoms with Crippen LogP contribution >= 0.6 is 0 Å². The fourth-order valence-corrected chi connectivity index (χ4v) is 3.04. The Morgan fingerprint density at radius 1 is 1.30 bits per heavy atom. The number of aryl methyl sites for hydroxylation is 1. The van der Waals surface area contributed by atoms with Gasteiger partial charge in [-0.15, -0.1) is 0 Å². The zero-order chi connectivity index (χ0) is 19.4. The molecule has 0 spiro atoms. The molecule has 2 aromatic rings. The third kappa shape index (κ3) is 4.71. The van der Waals surface area contributed by atoms with E-state index >= 15 is 0 Å². The number of carbonyl (C=O) groups is 2. The number of aromatic nitrogens is 2. The van der Waals surface area contributed by atoms with Crippen molar-refractivity contribution >= 4 is 11.8 Å². The summed E-state index contributed by atoms with van der Waals surface area (Å²) in [5.41, 5.74) is 1.37. The second-order valence-corrected chi connectivity index (χ2v) is 6.91. The summed E-state index contributed by atoms with van der Waals surface area (Å²) in [7, 11) is 3.85. The van der Waals surface area contributed by atoms with Crippen molar-refractivity contribution in [1.29, 1.82) is 0 Å². The van der Waals surface area contributed by atoms with Crippen LogP contribution in [0.25, 0.3) is 0 Å². The van der Waals surface area contributed by atoms with Crippen molar-refractivity contribution < 1.29 is 14.0 Å². The van der Waals surface area contributed by atoms with Gasteiger partial charge in [0.05, 0.1) is 0 Å². The summed E-state index contributed by atoms with van der Waals surface area (Å²) in [6.07, 6.45) is 0.720. The molecule has 2 heterocycles. The van der Waals surface area contributed by atoms with Gasteiger partial charge in [-0.05, 0) is 38.2 Å². The zero-order valence-corrected chi connectivity index (χ0v) is 15.6. The van der Waals surface area contributed by atoms with Crippen LogP contribution in [0.2, 0.25) is 0 Å². The highest BCUT2D eigenvalue weighted by molar-refractivity contribution is 5.98. The van der Waals surface area contributed by atoms with E-state index in [1.165, 1.54) is 18.2 Å². The number of fused-ring (bicyclic) bond motifs is 1. The van der Waals surface area contributed by atoms with Gasteiger partial charge >= 0.3 is 0 Å². The fraction of sp³-hybridized carbons (Fsp3) is 0.421. The third-order valence-corrected chi connectivity index (χ3v) is 4.42. The molecule has 2 amide bonds. The van der Waals surface area contributed by atoms with Crippen LogP contribution in [0, 0.1) is 5.82 Å². The summed E-state index contributed by atoms with van der Waals surface area (Å²) in [6, 6.07) is 7.77. The van der Waals surface area contributed by atoms with Gasteiger partial charge in [-0.1, -0.05) is 12.1 Å². The number of likely N-dealkylation sites (N-methyl/N-ethyl adjacent to an activating group) is 1. The largest absolute Gasteiger partial charge is 0.349 e. The summed E-state index contributed by atoms with van der Waals surface area (Å²) in [5.74, 6) is -0.810. The second-order valence-electron chi connectivity index (χ2n) is 6.91. The first-order valence-electron chi connectivity index (χ1n) is 8.98. The number of benzene rings is 1. The minimum absolute atomic E-state index is 0.198. The summed E-state index contributed by atoms with van der Waals surface area (Å²) in [5, 5.41) is 7.10. The Morgan fingerprint density at radius 2 is 2.11 bits per heavy atom. The molecule has 0 aliphatic carbocycles. The standard InChI is InChI=1S/C19H24FN5O2/c1-23(2)10-7-21-18(26)16-12-17-19(27)24(8-4-9-25(17)22-16)13-14-5-3-6-15(20)11-14/h3,5-6,11-12H,4,7-10,13H2,1-2H3,(H,21,26). The molecule has 0 radical (unpaired) electrons. The minimum Gasteiger partial charge on any atom is -0.349 e. The van der Waals surface area contributed by atoms with Crippen LogP contribution in [0.4, 0.5) is 4.39 Å². The molecule has 8 heteroatoms. The van der Waals surface area contributed by atoms with Crippen molar-refractivity contribution in [3.05, 3.63) is 53.1 Å². The number of rotatable bonds is 6. The van der Waals surface area contributed by atoms with Crippen molar-refractivity contribution in [2.24, 2.45) is 0 Å². The summed E-state index contributed by atoms with van der Waals surface area (Å²) < 4.78 is 15.0. The molecule has 1 aromatic carbocycles. The predicted molar refractivity (Wildman–Crippen MR) is 98.9 cm³/mol. The first-order chi connectivity index (χ1) is 12.9. The molecule has 0 saturated carbocycles. The molecule has 1 aliphatic rings. The zero-order valence-electron chi connectivity index (χ0n) is 15.6. The molecular formula is C19H24FN5O2. The van der Waals surface area contributed by atoms with Crippen LogP contribution < -0.4 is 5.32 Å². The van der Waals surface area contributed by atoms with Crippen molar-refractivity contribution in [3.8, 4) is 0 Å². The molecule has 144 valence electrons. The van der Waals surface area contributed by atoms with E-state index in [-0.39, 0.29) is 23.3 Å². The van der Waals surface area contributed by atoms with Crippen molar-refractivity contribution in [2.45, 2.75) is 19.5 Å². The van der Waals surface area contributed by atoms with Crippen molar-refractivity contribution in [1.82, 2.24) is 24.9 Å². The normalized spacial score (nSPS) is 14.2. The maximum absolute atomic E-state index is 13.4. The van der Waals surface area contributed by atoms with E-state index in [0.29, 0.717) is 31.9 Å². The van der Waals surface area contributed by atoms with Crippen LogP contribution in [0.15, 0.2) is 30.3 Å². The van der Waals surface area contributed by atoms with E-state index in [2.05, 4.69) is 10.4 Å². The number of hydrogen-bond donors (Lipinski definition) is 1. The van der Waals surface area contributed by atoms with E-state index in [9.17, 15) is 14.0 Å². The smallest absolute Gasteiger partial charge is 0.272 e. The molecular weight excluding hydrogens is 349 g/mol. The molecule has 1 N–H and O–H groups in total. The van der Waals surface area contributed by atoms with Crippen LogP contribution in [0.3, 0.4) is 0 Å².